The SMILES string of the molecule is NC(=O)NC(CCC(N)C[C@H]1O[C@@H](n2cnc3c(N)ncnc32)C(O)C1O)NC(=O)O. The van der Waals surface area contributed by atoms with Crippen LogP contribution in [-0.4, -0.2) is 77.5 Å². The number of anilines is 1. The van der Waals surface area contributed by atoms with Crippen molar-refractivity contribution < 1.29 is 29.6 Å². The van der Waals surface area contributed by atoms with Crippen molar-refractivity contribution in [2.45, 2.75) is 56.0 Å². The molecule has 3 heterocycles. The van der Waals surface area contributed by atoms with Gasteiger partial charge in [-0.1, -0.05) is 0 Å². The fourth-order valence-electron chi connectivity index (χ4n) is 3.51. The molecular formula is C16H25N9O6. The second-order valence-electron chi connectivity index (χ2n) is 7.21. The smallest absolute Gasteiger partial charge is 0.406 e. The maximum absolute atomic E-state index is 11.0. The van der Waals surface area contributed by atoms with Crippen LogP contribution in [0.25, 0.3) is 11.2 Å². The molecule has 1 fully saturated rings. The Morgan fingerprint density at radius 2 is 1.94 bits per heavy atom. The number of imidazole rings is 1. The molecule has 6 atom stereocenters. The third kappa shape index (κ3) is 5.08. The van der Waals surface area contributed by atoms with Gasteiger partial charge in [0.15, 0.2) is 17.7 Å². The fraction of sp³-hybridized carbons (Fsp3) is 0.562. The molecule has 0 radical (unpaired) electrons. The van der Waals surface area contributed by atoms with Gasteiger partial charge in [0.2, 0.25) is 0 Å². The van der Waals surface area contributed by atoms with E-state index in [9.17, 15) is 19.8 Å². The highest BCUT2D eigenvalue weighted by atomic mass is 16.6. The van der Waals surface area contributed by atoms with E-state index in [-0.39, 0.29) is 25.1 Å². The predicted molar refractivity (Wildman–Crippen MR) is 105 cm³/mol. The maximum Gasteiger partial charge on any atom is 0.406 e. The summed E-state index contributed by atoms with van der Waals surface area (Å²) >= 11 is 0. The number of amides is 3. The van der Waals surface area contributed by atoms with E-state index < -0.39 is 48.9 Å². The monoisotopic (exact) mass is 439 g/mol. The van der Waals surface area contributed by atoms with Crippen LogP contribution in [-0.2, 0) is 4.74 Å². The molecule has 0 spiro atoms. The van der Waals surface area contributed by atoms with Gasteiger partial charge in [-0.2, -0.15) is 0 Å². The van der Waals surface area contributed by atoms with Gasteiger partial charge in [-0.05, 0) is 19.3 Å². The summed E-state index contributed by atoms with van der Waals surface area (Å²) < 4.78 is 7.28. The lowest BCUT2D eigenvalue weighted by atomic mass is 9.99. The van der Waals surface area contributed by atoms with Crippen LogP contribution in [0.4, 0.5) is 15.4 Å². The second kappa shape index (κ2) is 9.25. The van der Waals surface area contributed by atoms with E-state index in [0.29, 0.717) is 11.2 Å². The minimum atomic E-state index is -1.33. The van der Waals surface area contributed by atoms with Gasteiger partial charge in [0.05, 0.1) is 12.4 Å². The first kappa shape index (κ1) is 22.4. The number of rotatable bonds is 8. The largest absolute Gasteiger partial charge is 0.465 e. The first-order chi connectivity index (χ1) is 14.7. The maximum atomic E-state index is 11.0. The van der Waals surface area contributed by atoms with Crippen LogP contribution >= 0.6 is 0 Å². The molecule has 0 saturated carbocycles. The summed E-state index contributed by atoms with van der Waals surface area (Å²) in [5, 5.41) is 34.1. The number of nitrogen functional groups attached to an aromatic ring is 1. The summed E-state index contributed by atoms with van der Waals surface area (Å²) in [6, 6.07) is -1.42. The fourth-order valence-corrected chi connectivity index (χ4v) is 3.51. The molecule has 3 amide bonds. The number of hydrogen-bond acceptors (Lipinski definition) is 10. The van der Waals surface area contributed by atoms with Crippen molar-refractivity contribution in [1.82, 2.24) is 30.2 Å². The van der Waals surface area contributed by atoms with Crippen LogP contribution in [0.1, 0.15) is 25.5 Å². The Morgan fingerprint density at radius 3 is 2.61 bits per heavy atom. The van der Waals surface area contributed by atoms with Crippen molar-refractivity contribution >= 4 is 29.1 Å². The van der Waals surface area contributed by atoms with E-state index in [0.717, 1.165) is 0 Å². The third-order valence-corrected chi connectivity index (χ3v) is 4.97. The van der Waals surface area contributed by atoms with E-state index in [1.165, 1.54) is 17.2 Å². The standard InChI is InChI=1S/C16H25N9O6/c17-6(1-2-8(23-15(19)28)24-16(29)30)3-7-10(26)11(27)14(31-7)25-5-22-9-12(18)20-4-21-13(9)25/h4-8,10-11,14,24,26-27H,1-3,17H2,(H,29,30)(H2,18,20,21)(H3,19,23,28)/t6?,7-,8?,10?,11?,14-/m1/s1. The second-order valence-corrected chi connectivity index (χ2v) is 7.21. The topological polar surface area (TPSA) is 250 Å². The number of nitrogens with one attached hydrogen (secondary N) is 2. The van der Waals surface area contributed by atoms with Gasteiger partial charge >= 0.3 is 12.1 Å². The third-order valence-electron chi connectivity index (χ3n) is 4.97. The molecule has 1 aliphatic heterocycles. The molecule has 0 bridgehead atoms. The zero-order chi connectivity index (χ0) is 22.7. The number of aliphatic hydroxyl groups excluding tert-OH is 2. The predicted octanol–water partition coefficient (Wildman–Crippen LogP) is -2.21. The zero-order valence-electron chi connectivity index (χ0n) is 16.3. The summed E-state index contributed by atoms with van der Waals surface area (Å²) in [5.41, 5.74) is 17.6. The van der Waals surface area contributed by atoms with Gasteiger partial charge < -0.3 is 47.9 Å². The number of fused-ring (bicyclic) bond motifs is 1. The number of carboxylic acid groups (broad SMARTS) is 1. The van der Waals surface area contributed by atoms with Crippen LogP contribution in [0.5, 0.6) is 0 Å². The lowest BCUT2D eigenvalue weighted by Crippen LogP contribution is -2.50. The van der Waals surface area contributed by atoms with Gasteiger partial charge in [-0.15, -0.1) is 0 Å². The molecule has 15 heteroatoms. The summed E-state index contributed by atoms with van der Waals surface area (Å²) in [6.45, 7) is 0. The highest BCUT2D eigenvalue weighted by Gasteiger charge is 2.44. The van der Waals surface area contributed by atoms with Gasteiger partial charge in [0.25, 0.3) is 0 Å². The normalized spacial score (nSPS) is 25.3. The molecule has 2 aromatic rings. The van der Waals surface area contributed by atoms with E-state index >= 15 is 0 Å². The van der Waals surface area contributed by atoms with Crippen LogP contribution in [0, 0.1) is 0 Å². The van der Waals surface area contributed by atoms with Crippen molar-refractivity contribution in [3.63, 3.8) is 0 Å². The molecule has 170 valence electrons. The van der Waals surface area contributed by atoms with E-state index in [1.54, 1.807) is 0 Å². The number of hydrogen-bond donors (Lipinski definition) is 8. The number of aromatic nitrogens is 4. The average Bonchev–Trinajstić information content (AvgIpc) is 3.23. The average molecular weight is 439 g/mol. The molecular weight excluding hydrogens is 414 g/mol. The van der Waals surface area contributed by atoms with E-state index in [1.807, 2.05) is 0 Å². The Kier molecular flexibility index (Phi) is 6.69. The molecule has 1 aliphatic rings. The quantitative estimate of drug-likeness (QED) is 0.205. The Hall–Kier alpha value is -3.27. The van der Waals surface area contributed by atoms with Gasteiger partial charge in [0.1, 0.15) is 30.2 Å². The minimum absolute atomic E-state index is 0.160. The number of carbonyl (C=O) groups is 2. The lowest BCUT2D eigenvalue weighted by Gasteiger charge is -2.22. The highest BCUT2D eigenvalue weighted by molar-refractivity contribution is 5.81. The molecule has 0 aliphatic carbocycles. The Labute approximate surface area is 175 Å². The molecule has 11 N–H and O–H groups in total. The summed E-state index contributed by atoms with van der Waals surface area (Å²) in [6.07, 6.45) is -3.29. The highest BCUT2D eigenvalue weighted by Crippen LogP contribution is 2.33. The summed E-state index contributed by atoms with van der Waals surface area (Å²) in [7, 11) is 0. The van der Waals surface area contributed by atoms with Crippen molar-refractivity contribution in [2.75, 3.05) is 5.73 Å². The Balaban J connectivity index is 1.62. The van der Waals surface area contributed by atoms with Crippen LogP contribution in [0.15, 0.2) is 12.7 Å². The van der Waals surface area contributed by atoms with Gasteiger partial charge in [-0.3, -0.25) is 4.57 Å². The summed E-state index contributed by atoms with van der Waals surface area (Å²) in [5.74, 6) is 0.171. The van der Waals surface area contributed by atoms with Crippen LogP contribution in [0.3, 0.4) is 0 Å². The van der Waals surface area contributed by atoms with Gasteiger partial charge in [0, 0.05) is 6.04 Å². The molecule has 0 aromatic carbocycles. The number of nitrogens with two attached hydrogens (primary N) is 3. The Bertz CT molecular complexity index is 923. The molecule has 4 unspecified atom stereocenters. The van der Waals surface area contributed by atoms with E-state index in [2.05, 4.69) is 25.6 Å². The minimum Gasteiger partial charge on any atom is -0.465 e. The van der Waals surface area contributed by atoms with Crippen molar-refractivity contribution in [3.8, 4) is 0 Å². The summed E-state index contributed by atoms with van der Waals surface area (Å²) in [4.78, 5) is 33.9. The molecule has 15 nitrogen and oxygen atoms in total. The van der Waals surface area contributed by atoms with Crippen molar-refractivity contribution in [3.05, 3.63) is 12.7 Å². The lowest BCUT2D eigenvalue weighted by molar-refractivity contribution is -0.0388. The molecule has 3 rings (SSSR count). The van der Waals surface area contributed by atoms with Crippen LogP contribution < -0.4 is 27.8 Å². The zero-order valence-corrected chi connectivity index (χ0v) is 16.3. The van der Waals surface area contributed by atoms with Crippen molar-refractivity contribution in [1.29, 1.82) is 0 Å². The molecule has 2 aromatic heterocycles. The first-order valence-corrected chi connectivity index (χ1v) is 9.43. The van der Waals surface area contributed by atoms with Gasteiger partial charge in [-0.25, -0.2) is 24.5 Å². The number of aliphatic hydroxyl groups is 2. The number of carbonyl (C=O) groups excluding carboxylic acids is 1. The Morgan fingerprint density at radius 1 is 1.19 bits per heavy atom. The first-order valence-electron chi connectivity index (χ1n) is 9.43. The number of ether oxygens (including phenoxy) is 1. The molecule has 1 saturated heterocycles. The van der Waals surface area contributed by atoms with E-state index in [4.69, 9.17) is 27.0 Å². The van der Waals surface area contributed by atoms with Crippen LogP contribution in [0.2, 0.25) is 0 Å². The molecule has 31 heavy (non-hydrogen) atoms. The number of primary amides is 1. The number of urea groups is 1. The number of nitrogens with zero attached hydrogens (tertiary/aromatic N) is 4. The van der Waals surface area contributed by atoms with Crippen molar-refractivity contribution in [2.24, 2.45) is 11.5 Å².